The molecule has 12 nitrogen and oxygen atoms in total. The van der Waals surface area contributed by atoms with Crippen molar-refractivity contribution < 1.29 is 28.4 Å². The van der Waals surface area contributed by atoms with Crippen LogP contribution in [0.25, 0.3) is 20.9 Å². The molecule has 0 unspecified atom stereocenters. The van der Waals surface area contributed by atoms with E-state index in [1.165, 1.54) is 0 Å². The van der Waals surface area contributed by atoms with Gasteiger partial charge in [0, 0.05) is 28.8 Å². The van der Waals surface area contributed by atoms with Crippen LogP contribution < -0.4 is 0 Å². The smallest absolute Gasteiger partial charge is 0.0701 e. The van der Waals surface area contributed by atoms with E-state index in [0.717, 1.165) is 0 Å². The second-order valence-corrected chi connectivity index (χ2v) is 5.61. The minimum absolute atomic E-state index is 0.285. The third-order valence-corrected chi connectivity index (χ3v) is 3.09. The molecule has 0 atom stereocenters. The standard InChI is InChI=1S/C16H32N6O6/c1-16(14-27-12-10-25-8-6-23-4-2-19-21-17)15-28-13-11-26-9-7-24-5-3-20-22-18/h16H,2-15H2,1H3. The van der Waals surface area contributed by atoms with Crippen LogP contribution in [0.4, 0.5) is 0 Å². The predicted molar refractivity (Wildman–Crippen MR) is 102 cm³/mol. The molecule has 28 heavy (non-hydrogen) atoms. The minimum atomic E-state index is 0.285. The molecule has 0 fully saturated rings. The molecule has 0 aromatic heterocycles. The zero-order chi connectivity index (χ0) is 20.5. The number of ether oxygens (including phenoxy) is 6. The number of rotatable bonds is 22. The van der Waals surface area contributed by atoms with E-state index in [1.54, 1.807) is 0 Å². The Morgan fingerprint density at radius 3 is 1.25 bits per heavy atom. The Morgan fingerprint density at radius 1 is 0.571 bits per heavy atom. The molecule has 0 aliphatic carbocycles. The Balaban J connectivity index is 3.18. The fraction of sp³-hybridized carbons (Fsp3) is 1.00. The number of nitrogens with zero attached hydrogens (tertiary/aromatic N) is 6. The summed E-state index contributed by atoms with van der Waals surface area (Å²) in [7, 11) is 0. The summed E-state index contributed by atoms with van der Waals surface area (Å²) in [6.45, 7) is 8.68. The average Bonchev–Trinajstić information content (AvgIpc) is 2.70. The highest BCUT2D eigenvalue weighted by Crippen LogP contribution is 1.97. The topological polar surface area (TPSA) is 153 Å². The molecule has 0 aliphatic rings. The lowest BCUT2D eigenvalue weighted by atomic mass is 10.2. The van der Waals surface area contributed by atoms with Gasteiger partial charge in [0.2, 0.25) is 0 Å². The van der Waals surface area contributed by atoms with Crippen LogP contribution in [0.5, 0.6) is 0 Å². The molecule has 12 heteroatoms. The van der Waals surface area contributed by atoms with Gasteiger partial charge in [-0.25, -0.2) is 0 Å². The summed E-state index contributed by atoms with van der Waals surface area (Å²) < 4.78 is 32.2. The van der Waals surface area contributed by atoms with Crippen molar-refractivity contribution in [2.75, 3.05) is 92.4 Å². The van der Waals surface area contributed by atoms with Crippen molar-refractivity contribution in [2.24, 2.45) is 16.1 Å². The minimum Gasteiger partial charge on any atom is -0.379 e. The predicted octanol–water partition coefficient (Wildman–Crippen LogP) is 2.34. The monoisotopic (exact) mass is 404 g/mol. The zero-order valence-electron chi connectivity index (χ0n) is 16.6. The highest BCUT2D eigenvalue weighted by Gasteiger charge is 2.02. The Morgan fingerprint density at radius 2 is 0.893 bits per heavy atom. The van der Waals surface area contributed by atoms with Gasteiger partial charge in [-0.1, -0.05) is 17.2 Å². The van der Waals surface area contributed by atoms with E-state index in [0.29, 0.717) is 92.4 Å². The summed E-state index contributed by atoms with van der Waals surface area (Å²) in [5.41, 5.74) is 16.2. The fourth-order valence-corrected chi connectivity index (χ4v) is 1.80. The van der Waals surface area contributed by atoms with Crippen molar-refractivity contribution in [2.45, 2.75) is 6.92 Å². The molecule has 0 aromatic carbocycles. The van der Waals surface area contributed by atoms with Gasteiger partial charge in [-0.2, -0.15) is 0 Å². The summed E-state index contributed by atoms with van der Waals surface area (Å²) in [5.74, 6) is 0.285. The van der Waals surface area contributed by atoms with E-state index < -0.39 is 0 Å². The Hall–Kier alpha value is -1.62. The van der Waals surface area contributed by atoms with Crippen LogP contribution in [0.3, 0.4) is 0 Å². The van der Waals surface area contributed by atoms with Gasteiger partial charge in [0.25, 0.3) is 0 Å². The maximum absolute atomic E-state index is 8.09. The normalized spacial score (nSPS) is 11.6. The van der Waals surface area contributed by atoms with Gasteiger partial charge >= 0.3 is 0 Å². The van der Waals surface area contributed by atoms with Crippen molar-refractivity contribution in [3.8, 4) is 0 Å². The molecule has 0 aromatic rings. The van der Waals surface area contributed by atoms with Crippen LogP contribution in [0.15, 0.2) is 10.2 Å². The van der Waals surface area contributed by atoms with Crippen LogP contribution in [0.2, 0.25) is 0 Å². The Bertz CT molecular complexity index is 394. The lowest BCUT2D eigenvalue weighted by Gasteiger charge is -2.13. The van der Waals surface area contributed by atoms with Crippen LogP contribution in [0, 0.1) is 5.92 Å². The molecule has 0 saturated heterocycles. The molecular weight excluding hydrogens is 372 g/mol. The van der Waals surface area contributed by atoms with Crippen molar-refractivity contribution in [1.82, 2.24) is 0 Å². The third-order valence-electron chi connectivity index (χ3n) is 3.09. The van der Waals surface area contributed by atoms with Gasteiger partial charge < -0.3 is 28.4 Å². The van der Waals surface area contributed by atoms with E-state index >= 15 is 0 Å². The molecule has 162 valence electrons. The highest BCUT2D eigenvalue weighted by molar-refractivity contribution is 4.49. The summed E-state index contributed by atoms with van der Waals surface area (Å²) >= 11 is 0. The van der Waals surface area contributed by atoms with Crippen molar-refractivity contribution in [3.05, 3.63) is 20.9 Å². The molecule has 0 radical (unpaired) electrons. The number of hydrogen-bond acceptors (Lipinski definition) is 8. The van der Waals surface area contributed by atoms with E-state index in [4.69, 9.17) is 39.5 Å². The average molecular weight is 404 g/mol. The molecule has 0 saturated carbocycles. The van der Waals surface area contributed by atoms with E-state index in [9.17, 15) is 0 Å². The second kappa shape index (κ2) is 23.4. The maximum Gasteiger partial charge on any atom is 0.0701 e. The quantitative estimate of drug-likeness (QED) is 0.117. The Kier molecular flexibility index (Phi) is 22.1. The van der Waals surface area contributed by atoms with Gasteiger partial charge in [-0.15, -0.1) is 0 Å². The first-order valence-corrected chi connectivity index (χ1v) is 9.29. The van der Waals surface area contributed by atoms with Crippen molar-refractivity contribution in [3.63, 3.8) is 0 Å². The lowest BCUT2D eigenvalue weighted by Crippen LogP contribution is -2.17. The van der Waals surface area contributed by atoms with Gasteiger partial charge in [0.1, 0.15) is 0 Å². The van der Waals surface area contributed by atoms with Gasteiger partial charge in [0.05, 0.1) is 79.3 Å². The van der Waals surface area contributed by atoms with Crippen molar-refractivity contribution >= 4 is 0 Å². The second-order valence-electron chi connectivity index (χ2n) is 5.61. The summed E-state index contributed by atoms with van der Waals surface area (Å²) in [4.78, 5) is 5.27. The highest BCUT2D eigenvalue weighted by atomic mass is 16.6. The van der Waals surface area contributed by atoms with Crippen LogP contribution in [-0.4, -0.2) is 92.4 Å². The summed E-state index contributed by atoms with van der Waals surface area (Å²) in [5, 5.41) is 6.72. The first-order chi connectivity index (χ1) is 13.8. The maximum atomic E-state index is 8.09. The van der Waals surface area contributed by atoms with Crippen LogP contribution in [-0.2, 0) is 28.4 Å². The fourth-order valence-electron chi connectivity index (χ4n) is 1.80. The van der Waals surface area contributed by atoms with Crippen LogP contribution in [0.1, 0.15) is 6.92 Å². The molecule has 0 heterocycles. The molecule has 0 bridgehead atoms. The summed E-state index contributed by atoms with van der Waals surface area (Å²) in [6, 6.07) is 0. The first-order valence-electron chi connectivity index (χ1n) is 9.29. The molecule has 0 N–H and O–H groups in total. The molecule has 0 amide bonds. The van der Waals surface area contributed by atoms with E-state index in [2.05, 4.69) is 27.0 Å². The van der Waals surface area contributed by atoms with E-state index in [1.807, 2.05) is 0 Å². The largest absolute Gasteiger partial charge is 0.379 e. The third kappa shape index (κ3) is 22.4. The van der Waals surface area contributed by atoms with E-state index in [-0.39, 0.29) is 5.92 Å². The Labute approximate surface area is 165 Å². The lowest BCUT2D eigenvalue weighted by molar-refractivity contribution is -0.0135. The molecule has 0 aliphatic heterocycles. The molecule has 0 spiro atoms. The van der Waals surface area contributed by atoms with Crippen molar-refractivity contribution in [1.29, 1.82) is 0 Å². The van der Waals surface area contributed by atoms with Gasteiger partial charge in [0.15, 0.2) is 0 Å². The van der Waals surface area contributed by atoms with Gasteiger partial charge in [-0.05, 0) is 11.1 Å². The number of hydrogen-bond donors (Lipinski definition) is 0. The zero-order valence-corrected chi connectivity index (χ0v) is 16.6. The van der Waals surface area contributed by atoms with Crippen LogP contribution >= 0.6 is 0 Å². The molecule has 0 rings (SSSR count). The summed E-state index contributed by atoms with van der Waals surface area (Å²) in [6.07, 6.45) is 0. The van der Waals surface area contributed by atoms with Gasteiger partial charge in [-0.3, -0.25) is 0 Å². The first kappa shape index (κ1) is 26.4. The number of azide groups is 2. The molecular formula is C16H32N6O6. The SMILES string of the molecule is CC(COCCOCCOCCN=[N+]=[N-])COCCOCCOCCN=[N+]=[N-].